The molecular weight excluding hydrogens is 290 g/mol. The number of benzene rings is 1. The Balaban J connectivity index is 2.58. The Hall–Kier alpha value is -1.55. The third-order valence-corrected chi connectivity index (χ3v) is 3.53. The second-order valence-electron chi connectivity index (χ2n) is 7.02. The van der Waals surface area contributed by atoms with Crippen molar-refractivity contribution in [2.75, 3.05) is 19.8 Å². The molecule has 0 aliphatic carbocycles. The van der Waals surface area contributed by atoms with Crippen molar-refractivity contribution in [1.82, 2.24) is 5.32 Å². The first kappa shape index (κ1) is 19.5. The minimum Gasteiger partial charge on any atom is -0.490 e. The summed E-state index contributed by atoms with van der Waals surface area (Å²) in [5.74, 6) is 0.520. The molecule has 0 bridgehead atoms. The first-order chi connectivity index (χ1) is 10.8. The van der Waals surface area contributed by atoms with Gasteiger partial charge in [-0.05, 0) is 44.2 Å². The number of rotatable bonds is 9. The van der Waals surface area contributed by atoms with Crippen LogP contribution in [0, 0.1) is 5.41 Å². The zero-order chi connectivity index (χ0) is 17.3. The highest BCUT2D eigenvalue weighted by Crippen LogP contribution is 2.22. The number of ether oxygens (including phenoxy) is 2. The maximum atomic E-state index is 12.5. The Morgan fingerprint density at radius 3 is 2.57 bits per heavy atom. The molecular formula is C19H31NO3. The molecule has 1 atom stereocenters. The zero-order valence-electron chi connectivity index (χ0n) is 15.1. The van der Waals surface area contributed by atoms with Crippen molar-refractivity contribution in [2.45, 2.75) is 53.5 Å². The van der Waals surface area contributed by atoms with E-state index in [1.54, 1.807) is 6.07 Å². The summed E-state index contributed by atoms with van der Waals surface area (Å²) in [5.41, 5.74) is 0.853. The van der Waals surface area contributed by atoms with Crippen LogP contribution in [0.4, 0.5) is 0 Å². The highest BCUT2D eigenvalue weighted by molar-refractivity contribution is 5.97. The van der Waals surface area contributed by atoms with Crippen LogP contribution in [-0.4, -0.2) is 31.8 Å². The van der Waals surface area contributed by atoms with Crippen molar-refractivity contribution in [1.29, 1.82) is 0 Å². The summed E-state index contributed by atoms with van der Waals surface area (Å²) in [5, 5.41) is 3.06. The molecule has 1 amide bonds. The number of nitrogens with one attached hydrogen (secondary N) is 1. The van der Waals surface area contributed by atoms with Crippen LogP contribution in [0.2, 0.25) is 0 Å². The summed E-state index contributed by atoms with van der Waals surface area (Å²) in [6.07, 6.45) is 2.03. The van der Waals surface area contributed by atoms with Crippen molar-refractivity contribution in [3.8, 4) is 5.75 Å². The average Bonchev–Trinajstić information content (AvgIpc) is 2.49. The fraction of sp³-hybridized carbons (Fsp3) is 0.632. The van der Waals surface area contributed by atoms with Gasteiger partial charge in [0.25, 0.3) is 5.91 Å². The summed E-state index contributed by atoms with van der Waals surface area (Å²) in [6.45, 7) is 12.3. The maximum absolute atomic E-state index is 12.5. The lowest BCUT2D eigenvalue weighted by atomic mass is 9.89. The van der Waals surface area contributed by atoms with E-state index in [0.717, 1.165) is 12.8 Å². The van der Waals surface area contributed by atoms with Gasteiger partial charge < -0.3 is 14.8 Å². The summed E-state index contributed by atoms with van der Waals surface area (Å²) < 4.78 is 10.9. The van der Waals surface area contributed by atoms with Gasteiger partial charge >= 0.3 is 0 Å². The number of hydrogen-bond acceptors (Lipinski definition) is 3. The summed E-state index contributed by atoms with van der Waals surface area (Å²) in [6, 6.07) is 7.47. The molecule has 1 N–H and O–H groups in total. The van der Waals surface area contributed by atoms with E-state index in [2.05, 4.69) is 26.1 Å². The highest BCUT2D eigenvalue weighted by Gasteiger charge is 2.17. The second-order valence-corrected chi connectivity index (χ2v) is 7.02. The molecule has 0 heterocycles. The quantitative estimate of drug-likeness (QED) is 0.698. The predicted octanol–water partition coefficient (Wildman–Crippen LogP) is 4.05. The molecule has 0 saturated carbocycles. The molecule has 0 saturated heterocycles. The molecule has 130 valence electrons. The molecule has 0 radical (unpaired) electrons. The minimum absolute atomic E-state index is 0.0848. The second kappa shape index (κ2) is 9.56. The molecule has 1 aromatic carbocycles. The molecule has 0 fully saturated rings. The lowest BCUT2D eigenvalue weighted by molar-refractivity contribution is 0.0919. The van der Waals surface area contributed by atoms with Gasteiger partial charge in [-0.25, -0.2) is 0 Å². The number of carbonyl (C=O) groups excluding carboxylic acids is 1. The number of para-hydroxylation sites is 1. The van der Waals surface area contributed by atoms with Crippen LogP contribution in [0.3, 0.4) is 0 Å². The van der Waals surface area contributed by atoms with Gasteiger partial charge in [-0.3, -0.25) is 4.79 Å². The largest absolute Gasteiger partial charge is 0.490 e. The van der Waals surface area contributed by atoms with Crippen LogP contribution in [0.1, 0.15) is 57.8 Å². The topological polar surface area (TPSA) is 47.6 Å². The Labute approximate surface area is 140 Å². The summed E-state index contributed by atoms with van der Waals surface area (Å²) >= 11 is 0. The van der Waals surface area contributed by atoms with Crippen molar-refractivity contribution in [2.24, 2.45) is 5.41 Å². The van der Waals surface area contributed by atoms with Crippen LogP contribution < -0.4 is 10.1 Å². The number of amides is 1. The van der Waals surface area contributed by atoms with Gasteiger partial charge in [0.2, 0.25) is 0 Å². The van der Waals surface area contributed by atoms with Gasteiger partial charge in [0.15, 0.2) is 0 Å². The van der Waals surface area contributed by atoms with Gasteiger partial charge in [0.1, 0.15) is 12.4 Å². The Kier molecular flexibility index (Phi) is 8.10. The Morgan fingerprint density at radius 2 is 1.91 bits per heavy atom. The first-order valence-electron chi connectivity index (χ1n) is 8.44. The normalized spacial score (nSPS) is 12.7. The van der Waals surface area contributed by atoms with Gasteiger partial charge in [0, 0.05) is 12.6 Å². The molecule has 0 spiro atoms. The van der Waals surface area contributed by atoms with Crippen LogP contribution in [0.15, 0.2) is 24.3 Å². The van der Waals surface area contributed by atoms with E-state index in [-0.39, 0.29) is 17.4 Å². The fourth-order valence-corrected chi connectivity index (χ4v) is 2.16. The predicted molar refractivity (Wildman–Crippen MR) is 94.0 cm³/mol. The smallest absolute Gasteiger partial charge is 0.255 e. The van der Waals surface area contributed by atoms with E-state index >= 15 is 0 Å². The minimum atomic E-state index is -0.0848. The number of carbonyl (C=O) groups is 1. The lowest BCUT2D eigenvalue weighted by Gasteiger charge is -2.22. The third kappa shape index (κ3) is 8.03. The molecule has 23 heavy (non-hydrogen) atoms. The van der Waals surface area contributed by atoms with Gasteiger partial charge in [0.05, 0.1) is 12.2 Å². The van der Waals surface area contributed by atoms with E-state index in [4.69, 9.17) is 9.47 Å². The van der Waals surface area contributed by atoms with Crippen LogP contribution >= 0.6 is 0 Å². The summed E-state index contributed by atoms with van der Waals surface area (Å²) in [4.78, 5) is 12.5. The van der Waals surface area contributed by atoms with Crippen LogP contribution in [-0.2, 0) is 4.74 Å². The average molecular weight is 321 g/mol. The monoisotopic (exact) mass is 321 g/mol. The molecule has 0 aliphatic rings. The van der Waals surface area contributed by atoms with E-state index in [9.17, 15) is 4.79 Å². The molecule has 4 heteroatoms. The molecule has 1 unspecified atom stereocenters. The lowest BCUT2D eigenvalue weighted by Crippen LogP contribution is -2.33. The van der Waals surface area contributed by atoms with E-state index < -0.39 is 0 Å². The van der Waals surface area contributed by atoms with E-state index in [0.29, 0.717) is 31.1 Å². The van der Waals surface area contributed by atoms with Crippen molar-refractivity contribution >= 4 is 5.91 Å². The zero-order valence-corrected chi connectivity index (χ0v) is 15.1. The van der Waals surface area contributed by atoms with Gasteiger partial charge in [-0.2, -0.15) is 0 Å². The Morgan fingerprint density at radius 1 is 1.22 bits per heavy atom. The Bertz CT molecular complexity index is 480. The van der Waals surface area contributed by atoms with Crippen LogP contribution in [0.25, 0.3) is 0 Å². The van der Waals surface area contributed by atoms with Crippen LogP contribution in [0.5, 0.6) is 5.75 Å². The molecule has 0 aromatic heterocycles. The maximum Gasteiger partial charge on any atom is 0.255 e. The van der Waals surface area contributed by atoms with Crippen molar-refractivity contribution in [3.63, 3.8) is 0 Å². The molecule has 1 aromatic rings. The van der Waals surface area contributed by atoms with Gasteiger partial charge in [-0.15, -0.1) is 0 Å². The standard InChI is InChI=1S/C19H31NO3/c1-6-22-13-14-23-17-10-8-7-9-16(17)18(21)20-15(2)11-12-19(3,4)5/h7-10,15H,6,11-14H2,1-5H3,(H,20,21). The fourth-order valence-electron chi connectivity index (χ4n) is 2.16. The van der Waals surface area contributed by atoms with Crippen molar-refractivity contribution < 1.29 is 14.3 Å². The van der Waals surface area contributed by atoms with Gasteiger partial charge in [-0.1, -0.05) is 32.9 Å². The first-order valence-corrected chi connectivity index (χ1v) is 8.44. The van der Waals surface area contributed by atoms with E-state index in [1.807, 2.05) is 32.0 Å². The van der Waals surface area contributed by atoms with E-state index in [1.165, 1.54) is 0 Å². The highest BCUT2D eigenvalue weighted by atomic mass is 16.5. The molecule has 4 nitrogen and oxygen atoms in total. The summed E-state index contributed by atoms with van der Waals surface area (Å²) in [7, 11) is 0. The molecule has 0 aliphatic heterocycles. The number of hydrogen-bond donors (Lipinski definition) is 1. The molecule has 1 rings (SSSR count). The SMILES string of the molecule is CCOCCOc1ccccc1C(=O)NC(C)CCC(C)(C)C. The third-order valence-electron chi connectivity index (χ3n) is 3.53. The van der Waals surface area contributed by atoms with Crippen molar-refractivity contribution in [3.05, 3.63) is 29.8 Å².